The smallest absolute Gasteiger partial charge is 0.310 e. The van der Waals surface area contributed by atoms with Crippen LogP contribution in [0.2, 0.25) is 0 Å². The number of nitro benzene ring substituents is 1. The van der Waals surface area contributed by atoms with Gasteiger partial charge >= 0.3 is 5.69 Å². The number of rotatable bonds is 8. The summed E-state index contributed by atoms with van der Waals surface area (Å²) in [5.41, 5.74) is 0.931. The molecule has 0 aliphatic rings. The first-order valence-corrected chi connectivity index (χ1v) is 7.77. The zero-order valence-corrected chi connectivity index (χ0v) is 14.2. The van der Waals surface area contributed by atoms with Crippen LogP contribution < -0.4 is 9.47 Å². The van der Waals surface area contributed by atoms with Crippen molar-refractivity contribution in [2.75, 3.05) is 26.8 Å². The summed E-state index contributed by atoms with van der Waals surface area (Å²) in [6.07, 6.45) is 0. The molecule has 2 aromatic carbocycles. The molecule has 132 valence electrons. The second-order valence-electron chi connectivity index (χ2n) is 5.49. The van der Waals surface area contributed by atoms with Crippen LogP contribution in [-0.2, 0) is 4.79 Å². The fourth-order valence-electron chi connectivity index (χ4n) is 2.11. The number of nitrogens with zero attached hydrogens (tertiary/aromatic N) is 2. The summed E-state index contributed by atoms with van der Waals surface area (Å²) in [4.78, 5) is 23.9. The maximum absolute atomic E-state index is 12.1. The first-order valence-electron chi connectivity index (χ1n) is 7.77. The number of carbonyl (C=O) groups excluding carboxylic acids is 1. The zero-order valence-electron chi connectivity index (χ0n) is 14.2. The molecule has 0 N–H and O–H groups in total. The molecular formula is C18H20N2O5. The monoisotopic (exact) mass is 344 g/mol. The fourth-order valence-corrected chi connectivity index (χ4v) is 2.11. The van der Waals surface area contributed by atoms with Crippen molar-refractivity contribution in [3.63, 3.8) is 0 Å². The molecule has 25 heavy (non-hydrogen) atoms. The van der Waals surface area contributed by atoms with Crippen LogP contribution in [0.5, 0.6) is 11.5 Å². The van der Waals surface area contributed by atoms with Gasteiger partial charge in [0, 0.05) is 13.1 Å². The Labute approximate surface area is 145 Å². The molecule has 0 aromatic heterocycles. The van der Waals surface area contributed by atoms with Gasteiger partial charge in [-0.15, -0.1) is 0 Å². The zero-order chi connectivity index (χ0) is 18.2. The molecule has 2 aromatic rings. The first-order chi connectivity index (χ1) is 12.0. The molecule has 0 fully saturated rings. The van der Waals surface area contributed by atoms with Crippen molar-refractivity contribution in [3.05, 3.63) is 64.2 Å². The summed E-state index contributed by atoms with van der Waals surface area (Å²) in [5, 5.41) is 10.9. The number of nitro groups is 1. The van der Waals surface area contributed by atoms with Crippen LogP contribution in [0, 0.1) is 17.0 Å². The van der Waals surface area contributed by atoms with Gasteiger partial charge in [0.25, 0.3) is 5.91 Å². The van der Waals surface area contributed by atoms with E-state index in [2.05, 4.69) is 0 Å². The third-order valence-corrected chi connectivity index (χ3v) is 3.52. The minimum Gasteiger partial charge on any atom is -0.492 e. The molecule has 0 aliphatic carbocycles. The van der Waals surface area contributed by atoms with Gasteiger partial charge < -0.3 is 14.4 Å². The summed E-state index contributed by atoms with van der Waals surface area (Å²) in [7, 11) is 1.63. The molecule has 1 amide bonds. The molecule has 0 spiro atoms. The highest BCUT2D eigenvalue weighted by molar-refractivity contribution is 5.77. The van der Waals surface area contributed by atoms with Gasteiger partial charge in [-0.3, -0.25) is 14.9 Å². The molecule has 0 unspecified atom stereocenters. The summed E-state index contributed by atoms with van der Waals surface area (Å²) < 4.78 is 10.9. The van der Waals surface area contributed by atoms with Crippen LogP contribution in [-0.4, -0.2) is 42.5 Å². The lowest BCUT2D eigenvalue weighted by Gasteiger charge is -2.18. The van der Waals surface area contributed by atoms with Crippen molar-refractivity contribution in [2.45, 2.75) is 6.92 Å². The number of hydrogen-bond acceptors (Lipinski definition) is 5. The second-order valence-corrected chi connectivity index (χ2v) is 5.49. The molecule has 7 nitrogen and oxygen atoms in total. The molecule has 0 heterocycles. The number of benzene rings is 2. The summed E-state index contributed by atoms with van der Waals surface area (Å²) in [6.45, 7) is 2.43. The van der Waals surface area contributed by atoms with Crippen molar-refractivity contribution in [1.29, 1.82) is 0 Å². The number of likely N-dealkylation sites (N-methyl/N-ethyl adjacent to an activating group) is 1. The van der Waals surface area contributed by atoms with Crippen molar-refractivity contribution < 1.29 is 19.2 Å². The number of aryl methyl sites for hydroxylation is 1. The van der Waals surface area contributed by atoms with Crippen molar-refractivity contribution >= 4 is 11.6 Å². The quantitative estimate of drug-likeness (QED) is 0.543. The Morgan fingerprint density at radius 3 is 2.64 bits per heavy atom. The van der Waals surface area contributed by atoms with Crippen LogP contribution >= 0.6 is 0 Å². The topological polar surface area (TPSA) is 81.9 Å². The molecule has 0 atom stereocenters. The van der Waals surface area contributed by atoms with Gasteiger partial charge in [-0.05, 0) is 30.7 Å². The minimum absolute atomic E-state index is 0.0743. The molecule has 0 radical (unpaired) electrons. The number of carbonyl (C=O) groups is 1. The van der Waals surface area contributed by atoms with E-state index in [1.54, 1.807) is 19.2 Å². The Morgan fingerprint density at radius 1 is 1.16 bits per heavy atom. The predicted molar refractivity (Wildman–Crippen MR) is 92.9 cm³/mol. The van der Waals surface area contributed by atoms with Crippen LogP contribution in [0.3, 0.4) is 0 Å². The fraction of sp³-hybridized carbons (Fsp3) is 0.278. The van der Waals surface area contributed by atoms with Crippen LogP contribution in [0.15, 0.2) is 48.5 Å². The Kier molecular flexibility index (Phi) is 6.33. The first kappa shape index (κ1) is 18.3. The molecule has 7 heteroatoms. The molecule has 0 bridgehead atoms. The lowest BCUT2D eigenvalue weighted by molar-refractivity contribution is -0.385. The van der Waals surface area contributed by atoms with E-state index in [0.29, 0.717) is 13.2 Å². The molecule has 0 saturated carbocycles. The van der Waals surface area contributed by atoms with E-state index in [0.717, 1.165) is 11.3 Å². The van der Waals surface area contributed by atoms with Crippen molar-refractivity contribution in [2.24, 2.45) is 0 Å². The molecule has 0 saturated heterocycles. The lowest BCUT2D eigenvalue weighted by Crippen LogP contribution is -2.34. The molecular weight excluding hydrogens is 324 g/mol. The van der Waals surface area contributed by atoms with Gasteiger partial charge in [-0.2, -0.15) is 0 Å². The van der Waals surface area contributed by atoms with E-state index in [4.69, 9.17) is 9.47 Å². The van der Waals surface area contributed by atoms with E-state index in [9.17, 15) is 14.9 Å². The van der Waals surface area contributed by atoms with E-state index < -0.39 is 4.92 Å². The largest absolute Gasteiger partial charge is 0.492 e. The summed E-state index contributed by atoms with van der Waals surface area (Å²) >= 11 is 0. The average Bonchev–Trinajstić information content (AvgIpc) is 2.59. The minimum atomic E-state index is -0.542. The van der Waals surface area contributed by atoms with Gasteiger partial charge in [0.1, 0.15) is 12.4 Å². The van der Waals surface area contributed by atoms with E-state index in [1.807, 2.05) is 31.2 Å². The molecule has 2 rings (SSSR count). The second kappa shape index (κ2) is 8.68. The maximum Gasteiger partial charge on any atom is 0.310 e. The number of ether oxygens (including phenoxy) is 2. The number of amides is 1. The Balaban J connectivity index is 1.80. The van der Waals surface area contributed by atoms with E-state index in [-0.39, 0.29) is 24.0 Å². The van der Waals surface area contributed by atoms with Crippen molar-refractivity contribution in [3.8, 4) is 11.5 Å². The lowest BCUT2D eigenvalue weighted by atomic mass is 10.2. The van der Waals surface area contributed by atoms with E-state index >= 15 is 0 Å². The third-order valence-electron chi connectivity index (χ3n) is 3.52. The summed E-state index contributed by atoms with van der Waals surface area (Å²) in [6, 6.07) is 13.6. The normalized spacial score (nSPS) is 10.2. The van der Waals surface area contributed by atoms with Gasteiger partial charge in [0.2, 0.25) is 0 Å². The summed E-state index contributed by atoms with van der Waals surface area (Å²) in [5.74, 6) is 0.535. The van der Waals surface area contributed by atoms with Gasteiger partial charge in [0.05, 0.1) is 11.5 Å². The predicted octanol–water partition coefficient (Wildman–Crippen LogP) is 2.82. The number of para-hydroxylation sites is 2. The number of hydrogen-bond donors (Lipinski definition) is 0. The Morgan fingerprint density at radius 2 is 1.92 bits per heavy atom. The highest BCUT2D eigenvalue weighted by Gasteiger charge is 2.16. The Hall–Kier alpha value is -3.09. The van der Waals surface area contributed by atoms with Crippen LogP contribution in [0.4, 0.5) is 5.69 Å². The standard InChI is InChI=1S/C18H20N2O5/c1-14-6-5-7-15(12-14)24-11-10-19(2)18(21)13-25-17-9-4-3-8-16(17)20(22)23/h3-9,12H,10-11,13H2,1-2H3. The van der Waals surface area contributed by atoms with Crippen LogP contribution in [0.25, 0.3) is 0 Å². The Bertz CT molecular complexity index is 748. The maximum atomic E-state index is 12.1. The highest BCUT2D eigenvalue weighted by atomic mass is 16.6. The average molecular weight is 344 g/mol. The van der Waals surface area contributed by atoms with Crippen molar-refractivity contribution in [1.82, 2.24) is 4.90 Å². The van der Waals surface area contributed by atoms with Gasteiger partial charge in [-0.1, -0.05) is 24.3 Å². The van der Waals surface area contributed by atoms with Gasteiger partial charge in [-0.25, -0.2) is 0 Å². The van der Waals surface area contributed by atoms with Gasteiger partial charge in [0.15, 0.2) is 12.4 Å². The van der Waals surface area contributed by atoms with E-state index in [1.165, 1.54) is 17.0 Å². The molecule has 0 aliphatic heterocycles. The van der Waals surface area contributed by atoms with Crippen LogP contribution in [0.1, 0.15) is 5.56 Å². The third kappa shape index (κ3) is 5.49. The SMILES string of the molecule is Cc1cccc(OCCN(C)C(=O)COc2ccccc2[N+](=O)[O-])c1. The highest BCUT2D eigenvalue weighted by Crippen LogP contribution is 2.25.